The van der Waals surface area contributed by atoms with Gasteiger partial charge in [0.15, 0.2) is 0 Å². The van der Waals surface area contributed by atoms with E-state index in [4.69, 9.17) is 5.73 Å². The molecule has 1 aromatic rings. The SMILES string of the molecule is CN(CC(=O)N1CCCCC1)Cc1ccccc1CN. The van der Waals surface area contributed by atoms with Crippen LogP contribution in [0.5, 0.6) is 0 Å². The fourth-order valence-corrected chi connectivity index (χ4v) is 2.73. The van der Waals surface area contributed by atoms with Gasteiger partial charge in [-0.25, -0.2) is 0 Å². The number of hydrogen-bond donors (Lipinski definition) is 1. The Balaban J connectivity index is 1.88. The first-order valence-electron chi connectivity index (χ1n) is 7.44. The highest BCUT2D eigenvalue weighted by atomic mass is 16.2. The molecule has 2 rings (SSSR count). The van der Waals surface area contributed by atoms with Crippen molar-refractivity contribution in [2.24, 2.45) is 5.73 Å². The fourth-order valence-electron chi connectivity index (χ4n) is 2.73. The molecular weight excluding hydrogens is 250 g/mol. The Morgan fingerprint density at radius 1 is 1.20 bits per heavy atom. The van der Waals surface area contributed by atoms with E-state index in [0.717, 1.165) is 38.0 Å². The Morgan fingerprint density at radius 3 is 2.50 bits per heavy atom. The summed E-state index contributed by atoms with van der Waals surface area (Å²) in [4.78, 5) is 16.3. The van der Waals surface area contributed by atoms with E-state index in [0.29, 0.717) is 13.1 Å². The highest BCUT2D eigenvalue weighted by Crippen LogP contribution is 2.12. The fraction of sp³-hybridized carbons (Fsp3) is 0.562. The van der Waals surface area contributed by atoms with E-state index in [2.05, 4.69) is 17.0 Å². The van der Waals surface area contributed by atoms with Crippen molar-refractivity contribution in [1.29, 1.82) is 0 Å². The molecule has 4 nitrogen and oxygen atoms in total. The van der Waals surface area contributed by atoms with Crippen LogP contribution in [-0.2, 0) is 17.9 Å². The molecule has 1 fully saturated rings. The molecule has 1 aliphatic heterocycles. The van der Waals surface area contributed by atoms with E-state index >= 15 is 0 Å². The van der Waals surface area contributed by atoms with Crippen LogP contribution in [-0.4, -0.2) is 42.4 Å². The first-order valence-corrected chi connectivity index (χ1v) is 7.44. The lowest BCUT2D eigenvalue weighted by atomic mass is 10.1. The maximum absolute atomic E-state index is 12.2. The van der Waals surface area contributed by atoms with Gasteiger partial charge >= 0.3 is 0 Å². The summed E-state index contributed by atoms with van der Waals surface area (Å²) < 4.78 is 0. The number of hydrogen-bond acceptors (Lipinski definition) is 3. The van der Waals surface area contributed by atoms with Gasteiger partial charge in [0, 0.05) is 26.2 Å². The summed E-state index contributed by atoms with van der Waals surface area (Å²) in [6.07, 6.45) is 3.54. The molecule has 0 aromatic heterocycles. The lowest BCUT2D eigenvalue weighted by Crippen LogP contribution is -2.41. The Morgan fingerprint density at radius 2 is 1.85 bits per heavy atom. The van der Waals surface area contributed by atoms with Crippen LogP contribution in [0.4, 0.5) is 0 Å². The zero-order valence-corrected chi connectivity index (χ0v) is 12.3. The molecule has 4 heteroatoms. The third kappa shape index (κ3) is 4.05. The van der Waals surface area contributed by atoms with Crippen LogP contribution in [0.1, 0.15) is 30.4 Å². The van der Waals surface area contributed by atoms with Crippen LogP contribution in [0, 0.1) is 0 Å². The number of nitrogens with zero attached hydrogens (tertiary/aromatic N) is 2. The second kappa shape index (κ2) is 7.41. The minimum absolute atomic E-state index is 0.248. The number of likely N-dealkylation sites (tertiary alicyclic amines) is 1. The highest BCUT2D eigenvalue weighted by Gasteiger charge is 2.18. The Kier molecular flexibility index (Phi) is 5.56. The van der Waals surface area contributed by atoms with Gasteiger partial charge in [0.05, 0.1) is 6.54 Å². The molecule has 1 aromatic carbocycles. The molecule has 0 saturated carbocycles. The molecule has 0 bridgehead atoms. The van der Waals surface area contributed by atoms with Crippen molar-refractivity contribution in [3.63, 3.8) is 0 Å². The van der Waals surface area contributed by atoms with Gasteiger partial charge in [0.1, 0.15) is 0 Å². The van der Waals surface area contributed by atoms with E-state index in [9.17, 15) is 4.79 Å². The highest BCUT2D eigenvalue weighted by molar-refractivity contribution is 5.78. The van der Waals surface area contributed by atoms with E-state index in [1.807, 2.05) is 24.1 Å². The number of carbonyl (C=O) groups excluding carboxylic acids is 1. The van der Waals surface area contributed by atoms with Crippen molar-refractivity contribution in [3.05, 3.63) is 35.4 Å². The minimum atomic E-state index is 0.248. The number of nitrogens with two attached hydrogens (primary N) is 1. The van der Waals surface area contributed by atoms with Gasteiger partial charge in [-0.3, -0.25) is 9.69 Å². The smallest absolute Gasteiger partial charge is 0.236 e. The number of rotatable bonds is 5. The van der Waals surface area contributed by atoms with E-state index in [1.165, 1.54) is 12.0 Å². The van der Waals surface area contributed by atoms with Gasteiger partial charge in [0.25, 0.3) is 0 Å². The molecule has 1 amide bonds. The summed E-state index contributed by atoms with van der Waals surface area (Å²) >= 11 is 0. The Hall–Kier alpha value is -1.39. The average molecular weight is 275 g/mol. The third-order valence-electron chi connectivity index (χ3n) is 3.89. The van der Waals surface area contributed by atoms with Crippen LogP contribution < -0.4 is 5.73 Å². The van der Waals surface area contributed by atoms with Gasteiger partial charge in [0.2, 0.25) is 5.91 Å². The van der Waals surface area contributed by atoms with Crippen LogP contribution in [0.15, 0.2) is 24.3 Å². The lowest BCUT2D eigenvalue weighted by Gasteiger charge is -2.28. The largest absolute Gasteiger partial charge is 0.342 e. The molecule has 0 spiro atoms. The molecule has 2 N–H and O–H groups in total. The van der Waals surface area contributed by atoms with Crippen molar-refractivity contribution < 1.29 is 4.79 Å². The quantitative estimate of drug-likeness (QED) is 0.888. The molecule has 1 saturated heterocycles. The molecule has 1 aliphatic rings. The average Bonchev–Trinajstić information content (AvgIpc) is 2.48. The van der Waals surface area contributed by atoms with Gasteiger partial charge in [-0.15, -0.1) is 0 Å². The monoisotopic (exact) mass is 275 g/mol. The van der Waals surface area contributed by atoms with Crippen LogP contribution in [0.3, 0.4) is 0 Å². The van der Waals surface area contributed by atoms with Gasteiger partial charge < -0.3 is 10.6 Å². The number of likely N-dealkylation sites (N-methyl/N-ethyl adjacent to an activating group) is 1. The topological polar surface area (TPSA) is 49.6 Å². The zero-order chi connectivity index (χ0) is 14.4. The maximum atomic E-state index is 12.2. The summed E-state index contributed by atoms with van der Waals surface area (Å²) in [6.45, 7) is 3.65. The van der Waals surface area contributed by atoms with Crippen molar-refractivity contribution in [3.8, 4) is 0 Å². The predicted octanol–water partition coefficient (Wildman–Crippen LogP) is 1.59. The van der Waals surface area contributed by atoms with Crippen molar-refractivity contribution in [2.75, 3.05) is 26.7 Å². The minimum Gasteiger partial charge on any atom is -0.342 e. The summed E-state index contributed by atoms with van der Waals surface area (Å²) in [5.74, 6) is 0.248. The molecule has 20 heavy (non-hydrogen) atoms. The predicted molar refractivity (Wildman–Crippen MR) is 81.1 cm³/mol. The second-order valence-electron chi connectivity index (χ2n) is 5.59. The zero-order valence-electron chi connectivity index (χ0n) is 12.3. The van der Waals surface area contributed by atoms with Crippen molar-refractivity contribution >= 4 is 5.91 Å². The van der Waals surface area contributed by atoms with Crippen molar-refractivity contribution in [1.82, 2.24) is 9.80 Å². The van der Waals surface area contributed by atoms with Gasteiger partial charge in [-0.1, -0.05) is 24.3 Å². The van der Waals surface area contributed by atoms with Crippen LogP contribution in [0.25, 0.3) is 0 Å². The Bertz CT molecular complexity index is 441. The molecular formula is C16H25N3O. The summed E-state index contributed by atoms with van der Waals surface area (Å²) in [7, 11) is 2.00. The lowest BCUT2D eigenvalue weighted by molar-refractivity contribution is -0.133. The molecule has 0 unspecified atom stereocenters. The van der Waals surface area contributed by atoms with E-state index in [-0.39, 0.29) is 5.91 Å². The molecule has 1 heterocycles. The summed E-state index contributed by atoms with van der Waals surface area (Å²) in [5, 5.41) is 0. The first kappa shape index (κ1) is 15.0. The number of carbonyl (C=O) groups is 1. The maximum Gasteiger partial charge on any atom is 0.236 e. The number of amides is 1. The molecule has 0 aliphatic carbocycles. The van der Waals surface area contributed by atoms with Crippen LogP contribution in [0.2, 0.25) is 0 Å². The number of benzene rings is 1. The van der Waals surface area contributed by atoms with Crippen LogP contribution >= 0.6 is 0 Å². The normalized spacial score (nSPS) is 15.7. The van der Waals surface area contributed by atoms with E-state index < -0.39 is 0 Å². The third-order valence-corrected chi connectivity index (χ3v) is 3.89. The van der Waals surface area contributed by atoms with Crippen molar-refractivity contribution in [2.45, 2.75) is 32.4 Å². The second-order valence-corrected chi connectivity index (χ2v) is 5.59. The molecule has 110 valence electrons. The first-order chi connectivity index (χ1) is 9.70. The summed E-state index contributed by atoms with van der Waals surface area (Å²) in [6, 6.07) is 8.17. The summed E-state index contributed by atoms with van der Waals surface area (Å²) in [5.41, 5.74) is 8.12. The standard InChI is InChI=1S/C16H25N3O/c1-18(12-15-8-4-3-7-14(15)11-17)13-16(20)19-9-5-2-6-10-19/h3-4,7-8H,2,5-6,9-13,17H2,1H3. The number of piperidine rings is 1. The Labute approximate surface area is 121 Å². The molecule has 0 radical (unpaired) electrons. The molecule has 0 atom stereocenters. The van der Waals surface area contributed by atoms with Gasteiger partial charge in [-0.05, 0) is 37.4 Å². The van der Waals surface area contributed by atoms with Gasteiger partial charge in [-0.2, -0.15) is 0 Å². The van der Waals surface area contributed by atoms with E-state index in [1.54, 1.807) is 0 Å².